The number of likely N-dealkylation sites (tertiary alicyclic amines) is 1. The minimum Gasteiger partial charge on any atom is -0.347 e. The average Bonchev–Trinajstić information content (AvgIpc) is 2.78. The summed E-state index contributed by atoms with van der Waals surface area (Å²) in [5, 5.41) is 0. The molecule has 0 saturated carbocycles. The number of rotatable bonds is 3. The van der Waals surface area contributed by atoms with Crippen LogP contribution in [0.3, 0.4) is 0 Å². The maximum absolute atomic E-state index is 5.90. The van der Waals surface area contributed by atoms with Gasteiger partial charge in [-0.15, -0.1) is 0 Å². The molecule has 3 nitrogen and oxygen atoms in total. The lowest BCUT2D eigenvalue weighted by atomic mass is 10.2. The first kappa shape index (κ1) is 10.4. The third-order valence-corrected chi connectivity index (χ3v) is 3.29. The van der Waals surface area contributed by atoms with Crippen molar-refractivity contribution in [3.8, 4) is 0 Å². The molecular weight excluding hydrogens is 178 g/mol. The van der Waals surface area contributed by atoms with Crippen LogP contribution in [0.5, 0.6) is 0 Å². The van der Waals surface area contributed by atoms with E-state index in [1.165, 1.54) is 25.9 Å². The zero-order chi connectivity index (χ0) is 10.0. The van der Waals surface area contributed by atoms with Crippen molar-refractivity contribution in [2.45, 2.75) is 45.0 Å². The van der Waals surface area contributed by atoms with Gasteiger partial charge < -0.3 is 14.4 Å². The van der Waals surface area contributed by atoms with Gasteiger partial charge in [0, 0.05) is 6.54 Å². The molecule has 0 spiro atoms. The molecule has 0 N–H and O–H groups in total. The van der Waals surface area contributed by atoms with Crippen LogP contribution in [-0.2, 0) is 9.47 Å². The van der Waals surface area contributed by atoms with E-state index in [9.17, 15) is 0 Å². The van der Waals surface area contributed by atoms with Crippen molar-refractivity contribution in [1.82, 2.24) is 4.90 Å². The van der Waals surface area contributed by atoms with Gasteiger partial charge in [-0.2, -0.15) is 0 Å². The van der Waals surface area contributed by atoms with Crippen LogP contribution < -0.4 is 0 Å². The zero-order valence-corrected chi connectivity index (χ0v) is 9.29. The van der Waals surface area contributed by atoms with E-state index in [0.717, 1.165) is 19.6 Å². The van der Waals surface area contributed by atoms with Gasteiger partial charge in [0.25, 0.3) is 0 Å². The second-order valence-corrected chi connectivity index (χ2v) is 4.55. The van der Waals surface area contributed by atoms with E-state index in [2.05, 4.69) is 11.8 Å². The molecule has 2 aliphatic heterocycles. The molecule has 2 rings (SSSR count). The van der Waals surface area contributed by atoms with Crippen LogP contribution in [0.4, 0.5) is 0 Å². The minimum atomic E-state index is -0.315. The Labute approximate surface area is 86.4 Å². The number of hydrogen-bond acceptors (Lipinski definition) is 3. The van der Waals surface area contributed by atoms with Crippen LogP contribution in [0.1, 0.15) is 33.1 Å². The van der Waals surface area contributed by atoms with E-state index in [1.807, 2.05) is 6.92 Å². The Hall–Kier alpha value is -0.120. The van der Waals surface area contributed by atoms with Crippen molar-refractivity contribution in [1.29, 1.82) is 0 Å². The summed E-state index contributed by atoms with van der Waals surface area (Å²) in [6.45, 7) is 8.44. The predicted octanol–water partition coefficient (Wildman–Crippen LogP) is 1.62. The van der Waals surface area contributed by atoms with Crippen LogP contribution in [0.15, 0.2) is 0 Å². The van der Waals surface area contributed by atoms with Crippen LogP contribution in [0.25, 0.3) is 0 Å². The molecular formula is C11H21NO2. The van der Waals surface area contributed by atoms with Crippen molar-refractivity contribution >= 4 is 0 Å². The lowest BCUT2D eigenvalue weighted by Gasteiger charge is -2.23. The van der Waals surface area contributed by atoms with Gasteiger partial charge in [0.1, 0.15) is 0 Å². The number of hydrogen-bond donors (Lipinski definition) is 0. The summed E-state index contributed by atoms with van der Waals surface area (Å²) in [5.74, 6) is -0.315. The maximum atomic E-state index is 5.90. The highest BCUT2D eigenvalue weighted by Crippen LogP contribution is 2.27. The molecule has 0 aromatic rings. The Morgan fingerprint density at radius 1 is 1.36 bits per heavy atom. The first-order valence-corrected chi connectivity index (χ1v) is 5.76. The smallest absolute Gasteiger partial charge is 0.165 e. The summed E-state index contributed by atoms with van der Waals surface area (Å²) < 4.78 is 11.6. The second kappa shape index (κ2) is 4.17. The van der Waals surface area contributed by atoms with Gasteiger partial charge >= 0.3 is 0 Å². The molecule has 3 heteroatoms. The first-order chi connectivity index (χ1) is 6.72. The van der Waals surface area contributed by atoms with Gasteiger partial charge in [0.2, 0.25) is 0 Å². The van der Waals surface area contributed by atoms with Gasteiger partial charge in [0.15, 0.2) is 5.79 Å². The largest absolute Gasteiger partial charge is 0.347 e. The van der Waals surface area contributed by atoms with Crippen molar-refractivity contribution in [2.24, 2.45) is 0 Å². The van der Waals surface area contributed by atoms with E-state index in [0.29, 0.717) is 0 Å². The maximum Gasteiger partial charge on any atom is 0.165 e. The summed E-state index contributed by atoms with van der Waals surface area (Å²) in [6.07, 6.45) is 3.92. The summed E-state index contributed by atoms with van der Waals surface area (Å²) in [7, 11) is 0. The van der Waals surface area contributed by atoms with Crippen molar-refractivity contribution in [2.75, 3.05) is 26.2 Å². The van der Waals surface area contributed by atoms with Gasteiger partial charge in [0.05, 0.1) is 12.7 Å². The normalized spacial score (nSPS) is 39.4. The molecule has 0 aromatic heterocycles. The molecule has 0 radical (unpaired) electrons. The van der Waals surface area contributed by atoms with E-state index >= 15 is 0 Å². The van der Waals surface area contributed by atoms with E-state index < -0.39 is 0 Å². The molecule has 2 unspecified atom stereocenters. The van der Waals surface area contributed by atoms with Gasteiger partial charge in [-0.25, -0.2) is 0 Å². The Morgan fingerprint density at radius 2 is 2.07 bits per heavy atom. The third-order valence-electron chi connectivity index (χ3n) is 3.29. The highest BCUT2D eigenvalue weighted by molar-refractivity contribution is 4.78. The molecule has 2 heterocycles. The monoisotopic (exact) mass is 199 g/mol. The summed E-state index contributed by atoms with van der Waals surface area (Å²) in [6, 6.07) is 0. The molecule has 2 fully saturated rings. The molecule has 2 saturated heterocycles. The third kappa shape index (κ3) is 2.27. The Kier molecular flexibility index (Phi) is 3.10. The van der Waals surface area contributed by atoms with Crippen molar-refractivity contribution < 1.29 is 9.47 Å². The molecule has 0 aromatic carbocycles. The number of ether oxygens (including phenoxy) is 2. The van der Waals surface area contributed by atoms with E-state index in [-0.39, 0.29) is 11.9 Å². The fraction of sp³-hybridized carbons (Fsp3) is 1.00. The van der Waals surface area contributed by atoms with Crippen LogP contribution in [0, 0.1) is 0 Å². The SMILES string of the molecule is CCC1(C)OCC(CN2CCCC2)O1. The molecule has 0 amide bonds. The number of nitrogens with zero attached hydrogens (tertiary/aromatic N) is 1. The Bertz CT molecular complexity index is 192. The van der Waals surface area contributed by atoms with Gasteiger partial charge in [-0.05, 0) is 39.3 Å². The molecule has 14 heavy (non-hydrogen) atoms. The van der Waals surface area contributed by atoms with Crippen molar-refractivity contribution in [3.63, 3.8) is 0 Å². The molecule has 2 atom stereocenters. The fourth-order valence-electron chi connectivity index (χ4n) is 2.22. The van der Waals surface area contributed by atoms with E-state index in [4.69, 9.17) is 9.47 Å². The fourth-order valence-corrected chi connectivity index (χ4v) is 2.22. The van der Waals surface area contributed by atoms with Gasteiger partial charge in [-0.1, -0.05) is 6.92 Å². The highest BCUT2D eigenvalue weighted by atomic mass is 16.7. The zero-order valence-electron chi connectivity index (χ0n) is 9.29. The van der Waals surface area contributed by atoms with Crippen molar-refractivity contribution in [3.05, 3.63) is 0 Å². The van der Waals surface area contributed by atoms with E-state index in [1.54, 1.807) is 0 Å². The van der Waals surface area contributed by atoms with Crippen LogP contribution in [0.2, 0.25) is 0 Å². The predicted molar refractivity (Wildman–Crippen MR) is 55.2 cm³/mol. The molecule has 0 bridgehead atoms. The Morgan fingerprint density at radius 3 is 2.64 bits per heavy atom. The standard InChI is InChI=1S/C11H21NO2/c1-3-11(2)13-9-10(14-11)8-12-6-4-5-7-12/h10H,3-9H2,1-2H3. The summed E-state index contributed by atoms with van der Waals surface area (Å²) in [5.41, 5.74) is 0. The quantitative estimate of drug-likeness (QED) is 0.689. The van der Waals surface area contributed by atoms with Crippen LogP contribution in [-0.4, -0.2) is 43.0 Å². The average molecular weight is 199 g/mol. The molecule has 2 aliphatic rings. The summed E-state index contributed by atoms with van der Waals surface area (Å²) in [4.78, 5) is 2.48. The first-order valence-electron chi connectivity index (χ1n) is 5.76. The minimum absolute atomic E-state index is 0.290. The van der Waals surface area contributed by atoms with Gasteiger partial charge in [-0.3, -0.25) is 0 Å². The lowest BCUT2D eigenvalue weighted by molar-refractivity contribution is -0.156. The lowest BCUT2D eigenvalue weighted by Crippen LogP contribution is -2.33. The molecule has 82 valence electrons. The summed E-state index contributed by atoms with van der Waals surface area (Å²) >= 11 is 0. The van der Waals surface area contributed by atoms with Crippen LogP contribution >= 0.6 is 0 Å². The second-order valence-electron chi connectivity index (χ2n) is 4.55. The molecule has 0 aliphatic carbocycles. The Balaban J connectivity index is 1.78. The highest BCUT2D eigenvalue weighted by Gasteiger charge is 2.36. The topological polar surface area (TPSA) is 21.7 Å².